The first kappa shape index (κ1) is 19.9. The Morgan fingerprint density at radius 2 is 1.97 bits per heavy atom. The fraction of sp³-hybridized carbons (Fsp3) is 0.273. The highest BCUT2D eigenvalue weighted by Gasteiger charge is 2.23. The maximum atomic E-state index is 6.05. The second-order valence-electron chi connectivity index (χ2n) is 7.78. The van der Waals surface area contributed by atoms with Gasteiger partial charge in [-0.3, -0.25) is 4.98 Å². The lowest BCUT2D eigenvalue weighted by Gasteiger charge is -2.14. The Morgan fingerprint density at radius 1 is 1.10 bits per heavy atom. The number of nitrogens with zero attached hydrogens (tertiary/aromatic N) is 5. The number of halogens is 1. The maximum Gasteiger partial charge on any atom is 0.229 e. The average molecular weight is 479 g/mol. The Labute approximate surface area is 188 Å². The van der Waals surface area contributed by atoms with Crippen molar-refractivity contribution >= 4 is 33.5 Å². The summed E-state index contributed by atoms with van der Waals surface area (Å²) in [6.07, 6.45) is 6.52. The molecular formula is C22H23BrN8. The molecule has 5 rings (SSSR count). The predicted octanol–water partition coefficient (Wildman–Crippen LogP) is 3.85. The molecule has 0 saturated heterocycles. The maximum absolute atomic E-state index is 6.05. The number of rotatable bonds is 6. The Morgan fingerprint density at radius 3 is 2.71 bits per heavy atom. The first-order valence-electron chi connectivity index (χ1n) is 10.3. The van der Waals surface area contributed by atoms with Crippen molar-refractivity contribution in [3.05, 3.63) is 64.9 Å². The van der Waals surface area contributed by atoms with E-state index >= 15 is 0 Å². The van der Waals surface area contributed by atoms with E-state index in [9.17, 15) is 0 Å². The number of anilines is 2. The van der Waals surface area contributed by atoms with Gasteiger partial charge in [0.05, 0.1) is 16.4 Å². The minimum Gasteiger partial charge on any atom is -0.351 e. The molecular weight excluding hydrogens is 456 g/mol. The summed E-state index contributed by atoms with van der Waals surface area (Å²) < 4.78 is 2.53. The summed E-state index contributed by atoms with van der Waals surface area (Å²) in [5.74, 6) is 1.22. The summed E-state index contributed by atoms with van der Waals surface area (Å²) in [6.45, 7) is 0.611. The van der Waals surface area contributed by atoms with E-state index in [4.69, 9.17) is 5.73 Å². The molecule has 0 bridgehead atoms. The minimum atomic E-state index is 0.245. The largest absolute Gasteiger partial charge is 0.351 e. The topological polar surface area (TPSA) is 106 Å². The summed E-state index contributed by atoms with van der Waals surface area (Å²) in [6, 6.07) is 14.8. The number of pyridine rings is 1. The zero-order chi connectivity index (χ0) is 21.2. The summed E-state index contributed by atoms with van der Waals surface area (Å²) in [4.78, 5) is 13.7. The van der Waals surface area contributed by atoms with Crippen molar-refractivity contribution in [2.45, 2.75) is 37.9 Å². The van der Waals surface area contributed by atoms with Crippen LogP contribution in [0.1, 0.15) is 24.8 Å². The van der Waals surface area contributed by atoms with Gasteiger partial charge in [-0.1, -0.05) is 30.3 Å². The van der Waals surface area contributed by atoms with Gasteiger partial charge in [0, 0.05) is 30.4 Å². The van der Waals surface area contributed by atoms with Crippen molar-refractivity contribution in [3.63, 3.8) is 0 Å². The molecule has 2 atom stereocenters. The van der Waals surface area contributed by atoms with Crippen LogP contribution in [0.4, 0.5) is 11.9 Å². The zero-order valence-corrected chi connectivity index (χ0v) is 18.5. The molecule has 1 aliphatic carbocycles. The quantitative estimate of drug-likeness (QED) is 0.386. The number of nitrogens with two attached hydrogens (primary N) is 1. The van der Waals surface area contributed by atoms with Crippen LogP contribution in [0.5, 0.6) is 0 Å². The van der Waals surface area contributed by atoms with E-state index in [1.807, 2.05) is 18.2 Å². The molecule has 9 heteroatoms. The fourth-order valence-corrected chi connectivity index (χ4v) is 4.22. The first-order chi connectivity index (χ1) is 15.2. The summed E-state index contributed by atoms with van der Waals surface area (Å²) in [5.41, 5.74) is 9.95. The number of nitrogens with one attached hydrogen (secondary N) is 2. The van der Waals surface area contributed by atoms with Crippen molar-refractivity contribution in [1.29, 1.82) is 0 Å². The van der Waals surface area contributed by atoms with Gasteiger partial charge < -0.3 is 16.4 Å². The average Bonchev–Trinajstić information content (AvgIpc) is 3.38. The minimum absolute atomic E-state index is 0.245. The molecule has 0 unspecified atom stereocenters. The first-order valence-corrected chi connectivity index (χ1v) is 11.1. The molecule has 8 nitrogen and oxygen atoms in total. The third-order valence-electron chi connectivity index (χ3n) is 5.50. The van der Waals surface area contributed by atoms with Crippen LogP contribution in [0.3, 0.4) is 0 Å². The van der Waals surface area contributed by atoms with Crippen LogP contribution < -0.4 is 16.4 Å². The Hall–Kier alpha value is -3.04. The van der Waals surface area contributed by atoms with E-state index in [0.717, 1.165) is 40.6 Å². The molecule has 3 aromatic heterocycles. The van der Waals surface area contributed by atoms with Crippen LogP contribution >= 0.6 is 15.9 Å². The van der Waals surface area contributed by atoms with Crippen molar-refractivity contribution < 1.29 is 0 Å². The van der Waals surface area contributed by atoms with Gasteiger partial charge in [-0.2, -0.15) is 19.6 Å². The van der Waals surface area contributed by atoms with E-state index < -0.39 is 0 Å². The van der Waals surface area contributed by atoms with Crippen LogP contribution in [0.2, 0.25) is 0 Å². The molecule has 4 N–H and O–H groups in total. The molecule has 1 aliphatic rings. The molecule has 0 amide bonds. The monoisotopic (exact) mass is 478 g/mol. The smallest absolute Gasteiger partial charge is 0.229 e. The summed E-state index contributed by atoms with van der Waals surface area (Å²) >= 11 is 3.53. The Kier molecular flexibility index (Phi) is 5.52. The number of fused-ring (bicyclic) bond motifs is 1. The number of aromatic nitrogens is 5. The molecule has 1 saturated carbocycles. The lowest BCUT2D eigenvalue weighted by molar-refractivity contribution is 0.684. The van der Waals surface area contributed by atoms with Crippen molar-refractivity contribution in [1.82, 2.24) is 24.6 Å². The van der Waals surface area contributed by atoms with Gasteiger partial charge in [-0.05, 0) is 52.9 Å². The summed E-state index contributed by atoms with van der Waals surface area (Å²) in [7, 11) is 0. The van der Waals surface area contributed by atoms with Gasteiger partial charge in [0.1, 0.15) is 0 Å². The molecule has 3 heterocycles. The van der Waals surface area contributed by atoms with Gasteiger partial charge in [0.2, 0.25) is 11.9 Å². The number of hydrogen-bond acceptors (Lipinski definition) is 7. The molecule has 31 heavy (non-hydrogen) atoms. The number of benzene rings is 1. The number of hydrogen-bond donors (Lipinski definition) is 3. The van der Waals surface area contributed by atoms with Gasteiger partial charge in [0.25, 0.3) is 0 Å². The van der Waals surface area contributed by atoms with E-state index in [0.29, 0.717) is 30.1 Å². The van der Waals surface area contributed by atoms with Crippen LogP contribution in [0.25, 0.3) is 16.9 Å². The van der Waals surface area contributed by atoms with Crippen LogP contribution in [-0.4, -0.2) is 36.6 Å². The van der Waals surface area contributed by atoms with Gasteiger partial charge in [-0.15, -0.1) is 0 Å². The van der Waals surface area contributed by atoms with Crippen molar-refractivity contribution in [3.8, 4) is 11.3 Å². The highest BCUT2D eigenvalue weighted by Crippen LogP contribution is 2.24. The standard InChI is InChI=1S/C22H23BrN8/c23-18-13-27-31-20(18)29-21(28-17-9-8-16(24)11-17)30-22(31)26-12-14-4-6-15(7-5-14)19-3-1-2-10-25-19/h1-7,10,13,16-17H,8-9,11-12,24H2,(H2,26,28,29,30)/t16-,17-/m0/s1. The van der Waals surface area contributed by atoms with E-state index in [1.54, 1.807) is 16.9 Å². The molecule has 4 aromatic rings. The fourth-order valence-electron chi connectivity index (χ4n) is 3.87. The highest BCUT2D eigenvalue weighted by molar-refractivity contribution is 9.10. The van der Waals surface area contributed by atoms with E-state index in [-0.39, 0.29) is 6.04 Å². The van der Waals surface area contributed by atoms with Gasteiger partial charge in [0.15, 0.2) is 5.65 Å². The summed E-state index contributed by atoms with van der Waals surface area (Å²) in [5, 5.41) is 11.2. The Balaban J connectivity index is 1.34. The molecule has 1 aromatic carbocycles. The van der Waals surface area contributed by atoms with Crippen LogP contribution in [0.15, 0.2) is 59.3 Å². The van der Waals surface area contributed by atoms with Crippen molar-refractivity contribution in [2.24, 2.45) is 5.73 Å². The highest BCUT2D eigenvalue weighted by atomic mass is 79.9. The lowest BCUT2D eigenvalue weighted by atomic mass is 10.1. The van der Waals surface area contributed by atoms with Gasteiger partial charge in [-0.25, -0.2) is 0 Å². The Bertz CT molecular complexity index is 1180. The van der Waals surface area contributed by atoms with Gasteiger partial charge >= 0.3 is 0 Å². The third kappa shape index (κ3) is 4.38. The lowest BCUT2D eigenvalue weighted by Crippen LogP contribution is -2.22. The molecule has 0 aliphatic heterocycles. The molecule has 1 fully saturated rings. The second kappa shape index (κ2) is 8.60. The predicted molar refractivity (Wildman–Crippen MR) is 125 cm³/mol. The zero-order valence-electron chi connectivity index (χ0n) is 16.9. The third-order valence-corrected chi connectivity index (χ3v) is 6.06. The molecule has 0 spiro atoms. The normalized spacial score (nSPS) is 18.4. The SMILES string of the molecule is N[C@H]1CC[C@H](Nc2nc(NCc3ccc(-c4ccccn4)cc3)n3ncc(Br)c3n2)C1. The van der Waals surface area contributed by atoms with E-state index in [1.165, 1.54) is 0 Å². The van der Waals surface area contributed by atoms with Crippen LogP contribution in [-0.2, 0) is 6.54 Å². The molecule has 158 valence electrons. The molecule has 0 radical (unpaired) electrons. The second-order valence-corrected chi connectivity index (χ2v) is 8.63. The van der Waals surface area contributed by atoms with Crippen molar-refractivity contribution in [2.75, 3.05) is 10.6 Å². The van der Waals surface area contributed by atoms with Crippen LogP contribution in [0, 0.1) is 0 Å². The van der Waals surface area contributed by atoms with E-state index in [2.05, 4.69) is 70.9 Å².